The second-order valence-corrected chi connectivity index (χ2v) is 6.75. The third-order valence-electron chi connectivity index (χ3n) is 3.71. The van der Waals surface area contributed by atoms with Gasteiger partial charge in [-0.3, -0.25) is 9.69 Å². The fourth-order valence-corrected chi connectivity index (χ4v) is 2.52. The summed E-state index contributed by atoms with van der Waals surface area (Å²) in [6.07, 6.45) is 0. The summed E-state index contributed by atoms with van der Waals surface area (Å²) in [6.45, 7) is 5.66. The molecule has 2 rings (SSSR count). The minimum Gasteiger partial charge on any atom is -0.464 e. The van der Waals surface area contributed by atoms with Crippen LogP contribution in [0.1, 0.15) is 31.1 Å². The number of benzene rings is 2. The van der Waals surface area contributed by atoms with Crippen LogP contribution >= 0.6 is 11.6 Å². The third-order valence-corrected chi connectivity index (χ3v) is 4.00. The predicted molar refractivity (Wildman–Crippen MR) is 99.9 cm³/mol. The SMILES string of the molecule is CC(C)COC(=O)[C@H](C)N(C(=O)c1ccccc1)c1ccc(F)c(Cl)c1. The van der Waals surface area contributed by atoms with Crippen LogP contribution in [0.25, 0.3) is 0 Å². The van der Waals surface area contributed by atoms with Crippen molar-refractivity contribution in [3.05, 3.63) is 64.9 Å². The van der Waals surface area contributed by atoms with Crippen molar-refractivity contribution in [2.24, 2.45) is 5.92 Å². The van der Waals surface area contributed by atoms with Crippen molar-refractivity contribution in [3.63, 3.8) is 0 Å². The number of hydrogen-bond acceptors (Lipinski definition) is 3. The molecule has 0 heterocycles. The number of carbonyl (C=O) groups excluding carboxylic acids is 2. The van der Waals surface area contributed by atoms with Crippen molar-refractivity contribution in [3.8, 4) is 0 Å². The average Bonchev–Trinajstić information content (AvgIpc) is 2.63. The molecular weight excluding hydrogens is 357 g/mol. The van der Waals surface area contributed by atoms with Crippen molar-refractivity contribution >= 4 is 29.2 Å². The average molecular weight is 378 g/mol. The third kappa shape index (κ3) is 4.82. The molecule has 1 atom stereocenters. The first-order chi connectivity index (χ1) is 12.3. The first kappa shape index (κ1) is 19.9. The van der Waals surface area contributed by atoms with E-state index in [0.717, 1.165) is 6.07 Å². The Morgan fingerprint density at radius 3 is 2.35 bits per heavy atom. The second-order valence-electron chi connectivity index (χ2n) is 6.34. The molecule has 0 aliphatic carbocycles. The van der Waals surface area contributed by atoms with Gasteiger partial charge in [-0.05, 0) is 43.2 Å². The molecule has 2 aromatic carbocycles. The summed E-state index contributed by atoms with van der Waals surface area (Å²) in [6, 6.07) is 11.5. The highest BCUT2D eigenvalue weighted by Crippen LogP contribution is 2.26. The van der Waals surface area contributed by atoms with Crippen molar-refractivity contribution < 1.29 is 18.7 Å². The van der Waals surface area contributed by atoms with Crippen molar-refractivity contribution in [2.45, 2.75) is 26.8 Å². The molecule has 0 radical (unpaired) electrons. The summed E-state index contributed by atoms with van der Waals surface area (Å²) in [5.74, 6) is -1.37. The van der Waals surface area contributed by atoms with Gasteiger partial charge in [0.1, 0.15) is 11.9 Å². The maximum absolute atomic E-state index is 13.5. The summed E-state index contributed by atoms with van der Waals surface area (Å²) in [7, 11) is 0. The van der Waals surface area contributed by atoms with Crippen LogP contribution < -0.4 is 4.90 Å². The van der Waals surface area contributed by atoms with Gasteiger partial charge in [-0.25, -0.2) is 9.18 Å². The van der Waals surface area contributed by atoms with Gasteiger partial charge in [0.05, 0.1) is 11.6 Å². The molecule has 138 valence electrons. The molecule has 0 aromatic heterocycles. The summed E-state index contributed by atoms with van der Waals surface area (Å²) >= 11 is 5.87. The lowest BCUT2D eigenvalue weighted by atomic mass is 10.1. The van der Waals surface area contributed by atoms with Crippen molar-refractivity contribution in [1.82, 2.24) is 0 Å². The van der Waals surface area contributed by atoms with Crippen LogP contribution in [-0.4, -0.2) is 24.5 Å². The van der Waals surface area contributed by atoms with E-state index in [2.05, 4.69) is 0 Å². The Morgan fingerprint density at radius 1 is 1.12 bits per heavy atom. The number of amides is 1. The number of ether oxygens (including phenoxy) is 1. The van der Waals surface area contributed by atoms with Gasteiger partial charge in [0, 0.05) is 11.3 Å². The van der Waals surface area contributed by atoms with E-state index < -0.39 is 23.7 Å². The number of carbonyl (C=O) groups is 2. The van der Waals surface area contributed by atoms with E-state index in [1.54, 1.807) is 37.3 Å². The number of rotatable bonds is 6. The molecule has 6 heteroatoms. The Kier molecular flexibility index (Phi) is 6.75. The molecule has 26 heavy (non-hydrogen) atoms. The number of halogens is 2. The Bertz CT molecular complexity index is 780. The van der Waals surface area contributed by atoms with Gasteiger partial charge >= 0.3 is 5.97 Å². The highest BCUT2D eigenvalue weighted by Gasteiger charge is 2.30. The molecule has 4 nitrogen and oxygen atoms in total. The van der Waals surface area contributed by atoms with Crippen LogP contribution in [0.4, 0.5) is 10.1 Å². The molecule has 0 saturated heterocycles. The molecule has 0 bridgehead atoms. The van der Waals surface area contributed by atoms with E-state index in [9.17, 15) is 14.0 Å². The fraction of sp³-hybridized carbons (Fsp3) is 0.300. The fourth-order valence-electron chi connectivity index (χ4n) is 2.35. The molecule has 0 unspecified atom stereocenters. The quantitative estimate of drug-likeness (QED) is 0.685. The monoisotopic (exact) mass is 377 g/mol. The van der Waals surface area contributed by atoms with Crippen LogP contribution in [0.15, 0.2) is 48.5 Å². The summed E-state index contributed by atoms with van der Waals surface area (Å²) < 4.78 is 18.8. The van der Waals surface area contributed by atoms with Gasteiger partial charge in [0.25, 0.3) is 5.91 Å². The number of esters is 1. The Hall–Kier alpha value is -2.40. The van der Waals surface area contributed by atoms with E-state index in [0.29, 0.717) is 11.3 Å². The molecule has 0 aliphatic rings. The Labute approximate surface area is 157 Å². The van der Waals surface area contributed by atoms with E-state index in [4.69, 9.17) is 16.3 Å². The first-order valence-electron chi connectivity index (χ1n) is 8.31. The maximum Gasteiger partial charge on any atom is 0.328 e. The molecule has 1 amide bonds. The molecular formula is C20H21ClFNO3. The number of hydrogen-bond donors (Lipinski definition) is 0. The van der Waals surface area contributed by atoms with Crippen LogP contribution in [-0.2, 0) is 9.53 Å². The van der Waals surface area contributed by atoms with Crippen LogP contribution in [0.2, 0.25) is 5.02 Å². The van der Waals surface area contributed by atoms with Crippen molar-refractivity contribution in [1.29, 1.82) is 0 Å². The normalized spacial score (nSPS) is 11.9. The smallest absolute Gasteiger partial charge is 0.328 e. The second kappa shape index (κ2) is 8.81. The largest absolute Gasteiger partial charge is 0.464 e. The summed E-state index contributed by atoms with van der Waals surface area (Å²) in [4.78, 5) is 26.7. The minimum absolute atomic E-state index is 0.129. The molecule has 0 N–H and O–H groups in total. The van der Waals surface area contributed by atoms with E-state index in [-0.39, 0.29) is 17.5 Å². The molecule has 0 saturated carbocycles. The lowest BCUT2D eigenvalue weighted by molar-refractivity contribution is -0.145. The molecule has 0 spiro atoms. The number of nitrogens with zero attached hydrogens (tertiary/aromatic N) is 1. The first-order valence-corrected chi connectivity index (χ1v) is 8.69. The van der Waals surface area contributed by atoms with Gasteiger partial charge in [0.2, 0.25) is 0 Å². The molecule has 0 aliphatic heterocycles. The Balaban J connectivity index is 2.39. The van der Waals surface area contributed by atoms with Gasteiger partial charge in [-0.2, -0.15) is 0 Å². The summed E-state index contributed by atoms with van der Waals surface area (Å²) in [5.41, 5.74) is 0.718. The maximum atomic E-state index is 13.5. The van der Waals surface area contributed by atoms with Crippen LogP contribution in [0.5, 0.6) is 0 Å². The highest BCUT2D eigenvalue weighted by molar-refractivity contribution is 6.31. The standard InChI is InChI=1S/C20H21ClFNO3/c1-13(2)12-26-20(25)14(3)23(16-9-10-18(22)17(21)11-16)19(24)15-7-5-4-6-8-15/h4-11,13-14H,12H2,1-3H3/t14-/m0/s1. The van der Waals surface area contributed by atoms with Gasteiger partial charge in [0.15, 0.2) is 0 Å². The zero-order valence-corrected chi connectivity index (χ0v) is 15.7. The number of anilines is 1. The van der Waals surface area contributed by atoms with Gasteiger partial charge < -0.3 is 4.74 Å². The minimum atomic E-state index is -0.900. The molecule has 0 fully saturated rings. The lowest BCUT2D eigenvalue weighted by Gasteiger charge is -2.28. The van der Waals surface area contributed by atoms with Gasteiger partial charge in [-0.15, -0.1) is 0 Å². The zero-order valence-electron chi connectivity index (χ0n) is 14.9. The zero-order chi connectivity index (χ0) is 19.3. The topological polar surface area (TPSA) is 46.6 Å². The van der Waals surface area contributed by atoms with E-state index >= 15 is 0 Å². The van der Waals surface area contributed by atoms with Crippen LogP contribution in [0.3, 0.4) is 0 Å². The van der Waals surface area contributed by atoms with E-state index in [1.807, 2.05) is 13.8 Å². The van der Waals surface area contributed by atoms with Crippen LogP contribution in [0, 0.1) is 11.7 Å². The van der Waals surface area contributed by atoms with Crippen molar-refractivity contribution in [2.75, 3.05) is 11.5 Å². The Morgan fingerprint density at radius 2 is 1.77 bits per heavy atom. The summed E-state index contributed by atoms with van der Waals surface area (Å²) in [5, 5.41) is -0.129. The van der Waals surface area contributed by atoms with E-state index in [1.165, 1.54) is 17.0 Å². The van der Waals surface area contributed by atoms with Gasteiger partial charge in [-0.1, -0.05) is 43.6 Å². The lowest BCUT2D eigenvalue weighted by Crippen LogP contribution is -2.44. The highest BCUT2D eigenvalue weighted by atomic mass is 35.5. The molecule has 2 aromatic rings. The predicted octanol–water partition coefficient (Wildman–Crippen LogP) is 4.71.